The number of ether oxygens (including phenoxy) is 2. The first-order valence-corrected chi connectivity index (χ1v) is 12.1. The summed E-state index contributed by atoms with van der Waals surface area (Å²) in [6.07, 6.45) is 0. The monoisotopic (exact) mass is 499 g/mol. The number of rotatable bonds is 7. The fourth-order valence-electron chi connectivity index (χ4n) is 4.59. The maximum atomic E-state index is 13.4. The molecule has 5 rings (SSSR count). The van der Waals surface area contributed by atoms with E-state index in [9.17, 15) is 9.59 Å². The second kappa shape index (κ2) is 10.3. The maximum absolute atomic E-state index is 13.4. The van der Waals surface area contributed by atoms with Gasteiger partial charge in [0, 0.05) is 56.7 Å². The van der Waals surface area contributed by atoms with Crippen molar-refractivity contribution < 1.29 is 19.1 Å². The van der Waals surface area contributed by atoms with Gasteiger partial charge in [-0.3, -0.25) is 14.5 Å². The van der Waals surface area contributed by atoms with Crippen molar-refractivity contribution in [1.29, 1.82) is 0 Å². The van der Waals surface area contributed by atoms with Crippen LogP contribution in [-0.2, 0) is 13.6 Å². The van der Waals surface area contributed by atoms with E-state index < -0.39 is 5.91 Å². The summed E-state index contributed by atoms with van der Waals surface area (Å²) in [5.74, 6) is 1.07. The van der Waals surface area contributed by atoms with Gasteiger partial charge in [-0.2, -0.15) is 0 Å². The first-order chi connectivity index (χ1) is 17.9. The lowest BCUT2D eigenvalue weighted by atomic mass is 10.2. The normalized spacial score (nSPS) is 14.1. The van der Waals surface area contributed by atoms with Crippen molar-refractivity contribution in [2.24, 2.45) is 12.8 Å². The van der Waals surface area contributed by atoms with Gasteiger partial charge in [-0.1, -0.05) is 18.2 Å². The third-order valence-electron chi connectivity index (χ3n) is 6.66. The number of hydrogen-bond acceptors (Lipinski definition) is 6. The predicted octanol–water partition coefficient (Wildman–Crippen LogP) is 3.43. The number of hydrogen-bond donors (Lipinski definition) is 1. The summed E-state index contributed by atoms with van der Waals surface area (Å²) in [5.41, 5.74) is 8.22. The van der Waals surface area contributed by atoms with Crippen molar-refractivity contribution in [2.75, 3.05) is 33.3 Å². The molecule has 9 heteroatoms. The van der Waals surface area contributed by atoms with Crippen molar-refractivity contribution in [3.63, 3.8) is 0 Å². The number of benzene rings is 2. The second-order valence-electron chi connectivity index (χ2n) is 9.05. The van der Waals surface area contributed by atoms with Gasteiger partial charge in [0.1, 0.15) is 22.9 Å². The highest BCUT2D eigenvalue weighted by molar-refractivity contribution is 5.99. The SMILES string of the molecule is COc1ccc(CN2CCN(C(=O)c3cc4cc(Oc5cccc(C(N)=O)n5)ccc4n3C)CC2)cc1. The molecule has 2 aromatic carbocycles. The zero-order chi connectivity index (χ0) is 25.9. The lowest BCUT2D eigenvalue weighted by molar-refractivity contribution is 0.0619. The molecule has 4 aromatic rings. The summed E-state index contributed by atoms with van der Waals surface area (Å²) >= 11 is 0. The van der Waals surface area contributed by atoms with Gasteiger partial charge in [-0.15, -0.1) is 0 Å². The summed E-state index contributed by atoms with van der Waals surface area (Å²) in [6.45, 7) is 3.83. The first-order valence-electron chi connectivity index (χ1n) is 12.1. The number of nitrogens with zero attached hydrogens (tertiary/aromatic N) is 4. The summed E-state index contributed by atoms with van der Waals surface area (Å²) in [6, 6.07) is 20.4. The van der Waals surface area contributed by atoms with E-state index in [1.807, 2.05) is 52.9 Å². The number of pyridine rings is 1. The quantitative estimate of drug-likeness (QED) is 0.418. The Morgan fingerprint density at radius 1 is 0.946 bits per heavy atom. The molecule has 37 heavy (non-hydrogen) atoms. The number of methoxy groups -OCH3 is 1. The highest BCUT2D eigenvalue weighted by Crippen LogP contribution is 2.28. The Bertz CT molecular complexity index is 1440. The molecule has 190 valence electrons. The summed E-state index contributed by atoms with van der Waals surface area (Å²) < 4.78 is 13.0. The zero-order valence-electron chi connectivity index (χ0n) is 20.9. The largest absolute Gasteiger partial charge is 0.497 e. The van der Waals surface area contributed by atoms with Crippen LogP contribution in [0.25, 0.3) is 10.9 Å². The molecule has 2 amide bonds. The molecule has 1 aliphatic heterocycles. The minimum Gasteiger partial charge on any atom is -0.497 e. The Morgan fingerprint density at radius 3 is 2.38 bits per heavy atom. The maximum Gasteiger partial charge on any atom is 0.270 e. The predicted molar refractivity (Wildman–Crippen MR) is 140 cm³/mol. The number of aromatic nitrogens is 2. The van der Waals surface area contributed by atoms with Crippen LogP contribution < -0.4 is 15.2 Å². The van der Waals surface area contributed by atoms with E-state index in [0.717, 1.165) is 36.3 Å². The molecule has 0 atom stereocenters. The molecule has 0 saturated carbocycles. The van der Waals surface area contributed by atoms with Gasteiger partial charge in [0.2, 0.25) is 5.88 Å². The molecule has 2 N–H and O–H groups in total. The third kappa shape index (κ3) is 5.26. The number of piperazine rings is 1. The standard InChI is InChI=1S/C28H29N5O4/c1-31-24-11-10-22(37-26-5-3-4-23(30-26)27(29)34)16-20(24)17-25(31)28(35)33-14-12-32(13-15-33)18-19-6-8-21(36-2)9-7-19/h3-11,16-17H,12-15,18H2,1-2H3,(H2,29,34). The molecule has 3 heterocycles. The fourth-order valence-corrected chi connectivity index (χ4v) is 4.59. The van der Waals surface area contributed by atoms with Gasteiger partial charge in [-0.05, 0) is 48.0 Å². The number of aryl methyl sites for hydroxylation is 1. The van der Waals surface area contributed by atoms with Crippen molar-refractivity contribution >= 4 is 22.7 Å². The molecular formula is C28H29N5O4. The fraction of sp³-hybridized carbons (Fsp3) is 0.250. The molecule has 1 aliphatic rings. The summed E-state index contributed by atoms with van der Waals surface area (Å²) in [7, 11) is 3.56. The van der Waals surface area contributed by atoms with Gasteiger partial charge in [-0.25, -0.2) is 4.98 Å². The number of carbonyl (C=O) groups is 2. The Hall–Kier alpha value is -4.37. The second-order valence-corrected chi connectivity index (χ2v) is 9.05. The minimum atomic E-state index is -0.617. The van der Waals surface area contributed by atoms with Crippen LogP contribution >= 0.6 is 0 Å². The van der Waals surface area contributed by atoms with Crippen LogP contribution in [0.1, 0.15) is 26.5 Å². The third-order valence-corrected chi connectivity index (χ3v) is 6.66. The van der Waals surface area contributed by atoms with Crippen LogP contribution in [0.2, 0.25) is 0 Å². The van der Waals surface area contributed by atoms with Crippen molar-refractivity contribution in [1.82, 2.24) is 19.4 Å². The van der Waals surface area contributed by atoms with E-state index in [1.54, 1.807) is 19.2 Å². The van der Waals surface area contributed by atoms with Gasteiger partial charge < -0.3 is 24.7 Å². The van der Waals surface area contributed by atoms with Crippen LogP contribution in [-0.4, -0.2) is 64.5 Å². The molecule has 0 aliphatic carbocycles. The van der Waals surface area contributed by atoms with Crippen molar-refractivity contribution in [3.8, 4) is 17.4 Å². The van der Waals surface area contributed by atoms with Crippen LogP contribution in [0.15, 0.2) is 66.7 Å². The van der Waals surface area contributed by atoms with Crippen LogP contribution in [0.4, 0.5) is 0 Å². The number of nitrogens with two attached hydrogens (primary N) is 1. The average Bonchev–Trinajstić information content (AvgIpc) is 3.24. The van der Waals surface area contributed by atoms with Gasteiger partial charge in [0.05, 0.1) is 7.11 Å². The van der Waals surface area contributed by atoms with E-state index >= 15 is 0 Å². The van der Waals surface area contributed by atoms with Crippen molar-refractivity contribution in [3.05, 3.63) is 83.7 Å². The Balaban J connectivity index is 1.25. The average molecular weight is 500 g/mol. The highest BCUT2D eigenvalue weighted by Gasteiger charge is 2.25. The number of amides is 2. The lowest BCUT2D eigenvalue weighted by Gasteiger charge is -2.34. The summed E-state index contributed by atoms with van der Waals surface area (Å²) in [5, 5.41) is 0.882. The van der Waals surface area contributed by atoms with Gasteiger partial charge in [0.25, 0.3) is 11.8 Å². The van der Waals surface area contributed by atoms with E-state index in [2.05, 4.69) is 22.0 Å². The highest BCUT2D eigenvalue weighted by atomic mass is 16.5. The van der Waals surface area contributed by atoms with E-state index in [0.29, 0.717) is 24.5 Å². The lowest BCUT2D eigenvalue weighted by Crippen LogP contribution is -2.48. The van der Waals surface area contributed by atoms with Crippen molar-refractivity contribution in [2.45, 2.75) is 6.54 Å². The molecule has 0 spiro atoms. The molecule has 1 saturated heterocycles. The van der Waals surface area contributed by atoms with E-state index in [4.69, 9.17) is 15.2 Å². The van der Waals surface area contributed by atoms with E-state index in [-0.39, 0.29) is 17.5 Å². The molecule has 0 radical (unpaired) electrons. The minimum absolute atomic E-state index is 0.0149. The first kappa shape index (κ1) is 24.3. The number of primary amides is 1. The van der Waals surface area contributed by atoms with Crippen LogP contribution in [0.5, 0.6) is 17.4 Å². The zero-order valence-corrected chi connectivity index (χ0v) is 20.9. The topological polar surface area (TPSA) is 103 Å². The Labute approximate surface area is 215 Å². The number of carbonyl (C=O) groups excluding carboxylic acids is 2. The smallest absolute Gasteiger partial charge is 0.270 e. The molecule has 0 unspecified atom stereocenters. The molecular weight excluding hydrogens is 470 g/mol. The van der Waals surface area contributed by atoms with E-state index in [1.165, 1.54) is 11.6 Å². The Kier molecular flexibility index (Phi) is 6.78. The van der Waals surface area contributed by atoms with Crippen LogP contribution in [0.3, 0.4) is 0 Å². The molecule has 9 nitrogen and oxygen atoms in total. The number of fused-ring (bicyclic) bond motifs is 1. The van der Waals surface area contributed by atoms with Gasteiger partial charge >= 0.3 is 0 Å². The molecule has 1 fully saturated rings. The van der Waals surface area contributed by atoms with Crippen LogP contribution in [0, 0.1) is 0 Å². The molecule has 2 aromatic heterocycles. The van der Waals surface area contributed by atoms with Gasteiger partial charge in [0.15, 0.2) is 0 Å². The summed E-state index contributed by atoms with van der Waals surface area (Å²) in [4.78, 5) is 33.2. The molecule has 0 bridgehead atoms. The Morgan fingerprint density at radius 2 is 1.68 bits per heavy atom.